The van der Waals surface area contributed by atoms with Gasteiger partial charge in [-0.3, -0.25) is 0 Å². The fourth-order valence-electron chi connectivity index (χ4n) is 2.93. The third-order valence-electron chi connectivity index (χ3n) is 3.84. The molecule has 0 spiro atoms. The van der Waals surface area contributed by atoms with E-state index in [0.29, 0.717) is 0 Å². The molecule has 0 aromatic heterocycles. The van der Waals surface area contributed by atoms with Gasteiger partial charge in [-0.15, -0.1) is 11.8 Å². The van der Waals surface area contributed by atoms with Gasteiger partial charge in [-0.05, 0) is 39.7 Å². The molecular formula is C13H22N2. The fourth-order valence-corrected chi connectivity index (χ4v) is 2.93. The Hall–Kier alpha value is -0.520. The number of fused-ring (bicyclic) bond motifs is 2. The second-order valence-corrected chi connectivity index (χ2v) is 4.92. The van der Waals surface area contributed by atoms with E-state index in [2.05, 4.69) is 29.1 Å². The zero-order valence-corrected chi connectivity index (χ0v) is 9.92. The smallest absolute Gasteiger partial charge is 0.0216 e. The molecule has 0 amide bonds. The summed E-state index contributed by atoms with van der Waals surface area (Å²) >= 11 is 0. The van der Waals surface area contributed by atoms with Crippen LogP contribution in [-0.2, 0) is 0 Å². The van der Waals surface area contributed by atoms with Gasteiger partial charge in [0.15, 0.2) is 0 Å². The molecular weight excluding hydrogens is 184 g/mol. The van der Waals surface area contributed by atoms with Crippen LogP contribution in [-0.4, -0.2) is 36.6 Å². The Morgan fingerprint density at radius 1 is 1.27 bits per heavy atom. The molecule has 0 aromatic rings. The normalized spacial score (nSPS) is 33.9. The molecule has 2 unspecified atom stereocenters. The molecule has 2 aliphatic heterocycles. The summed E-state index contributed by atoms with van der Waals surface area (Å²) in [5.74, 6) is 6.12. The minimum Gasteiger partial charge on any atom is -0.311 e. The number of rotatable bonds is 3. The third kappa shape index (κ3) is 2.74. The van der Waals surface area contributed by atoms with Crippen LogP contribution in [0.3, 0.4) is 0 Å². The molecule has 15 heavy (non-hydrogen) atoms. The number of nitrogens with zero attached hydrogens (tertiary/aromatic N) is 1. The third-order valence-corrected chi connectivity index (χ3v) is 3.84. The molecule has 1 N–H and O–H groups in total. The summed E-state index contributed by atoms with van der Waals surface area (Å²) in [7, 11) is 2.26. The quantitative estimate of drug-likeness (QED) is 0.706. The van der Waals surface area contributed by atoms with Crippen LogP contribution in [0.15, 0.2) is 0 Å². The Labute approximate surface area is 93.4 Å². The van der Waals surface area contributed by atoms with E-state index < -0.39 is 0 Å². The lowest BCUT2D eigenvalue weighted by atomic mass is 9.98. The summed E-state index contributed by atoms with van der Waals surface area (Å²) < 4.78 is 0. The van der Waals surface area contributed by atoms with Crippen LogP contribution < -0.4 is 5.32 Å². The van der Waals surface area contributed by atoms with E-state index in [1.807, 2.05) is 6.92 Å². The van der Waals surface area contributed by atoms with E-state index in [-0.39, 0.29) is 0 Å². The monoisotopic (exact) mass is 206 g/mol. The van der Waals surface area contributed by atoms with Gasteiger partial charge >= 0.3 is 0 Å². The Balaban J connectivity index is 1.79. The fraction of sp³-hybridized carbons (Fsp3) is 0.846. The Kier molecular flexibility index (Phi) is 3.66. The van der Waals surface area contributed by atoms with E-state index in [1.165, 1.54) is 25.7 Å². The summed E-state index contributed by atoms with van der Waals surface area (Å²) in [6, 6.07) is 2.39. The number of hydrogen-bond donors (Lipinski definition) is 1. The number of piperidine rings is 1. The molecule has 2 heteroatoms. The second kappa shape index (κ2) is 5.01. The molecule has 0 aromatic carbocycles. The molecule has 0 radical (unpaired) electrons. The van der Waals surface area contributed by atoms with Crippen LogP contribution in [0.2, 0.25) is 0 Å². The van der Waals surface area contributed by atoms with E-state index in [9.17, 15) is 0 Å². The van der Waals surface area contributed by atoms with Crippen molar-refractivity contribution in [3.05, 3.63) is 0 Å². The number of nitrogens with one attached hydrogen (secondary N) is 1. The van der Waals surface area contributed by atoms with Crippen molar-refractivity contribution in [1.29, 1.82) is 0 Å². The zero-order chi connectivity index (χ0) is 10.7. The van der Waals surface area contributed by atoms with Gasteiger partial charge < -0.3 is 10.2 Å². The van der Waals surface area contributed by atoms with Crippen LogP contribution in [0.4, 0.5) is 0 Å². The van der Waals surface area contributed by atoms with Crippen molar-refractivity contribution in [2.24, 2.45) is 0 Å². The van der Waals surface area contributed by atoms with Crippen LogP contribution in [0.25, 0.3) is 0 Å². The van der Waals surface area contributed by atoms with Gasteiger partial charge in [-0.2, -0.15) is 0 Å². The predicted octanol–water partition coefficient (Wildman–Crippen LogP) is 1.61. The minimum absolute atomic E-state index is 0.794. The predicted molar refractivity (Wildman–Crippen MR) is 63.7 cm³/mol. The lowest BCUT2D eigenvalue weighted by Gasteiger charge is -2.35. The maximum absolute atomic E-state index is 3.69. The molecule has 0 aliphatic carbocycles. The molecule has 2 heterocycles. The van der Waals surface area contributed by atoms with Gasteiger partial charge in [0.2, 0.25) is 0 Å². The Morgan fingerprint density at radius 3 is 2.53 bits per heavy atom. The van der Waals surface area contributed by atoms with Gasteiger partial charge in [0, 0.05) is 31.1 Å². The molecule has 2 aliphatic rings. The first-order valence-corrected chi connectivity index (χ1v) is 6.15. The summed E-state index contributed by atoms with van der Waals surface area (Å²) in [5.41, 5.74) is 0. The first-order chi connectivity index (χ1) is 7.29. The molecule has 2 fully saturated rings. The summed E-state index contributed by atoms with van der Waals surface area (Å²) in [6.45, 7) is 3.05. The molecule has 84 valence electrons. The van der Waals surface area contributed by atoms with Crippen molar-refractivity contribution in [1.82, 2.24) is 10.2 Å². The van der Waals surface area contributed by atoms with Crippen molar-refractivity contribution in [3.63, 3.8) is 0 Å². The van der Waals surface area contributed by atoms with Crippen molar-refractivity contribution in [2.75, 3.05) is 13.6 Å². The topological polar surface area (TPSA) is 15.3 Å². The molecule has 2 bridgehead atoms. The molecule has 0 saturated carbocycles. The maximum Gasteiger partial charge on any atom is 0.0216 e. The summed E-state index contributed by atoms with van der Waals surface area (Å²) in [5, 5.41) is 3.69. The van der Waals surface area contributed by atoms with E-state index in [4.69, 9.17) is 0 Å². The first kappa shape index (κ1) is 11.0. The van der Waals surface area contributed by atoms with Gasteiger partial charge in [0.25, 0.3) is 0 Å². The van der Waals surface area contributed by atoms with Crippen LogP contribution in [0, 0.1) is 11.8 Å². The lowest BCUT2D eigenvalue weighted by Crippen LogP contribution is -2.47. The Morgan fingerprint density at radius 2 is 1.93 bits per heavy atom. The molecule has 2 atom stereocenters. The summed E-state index contributed by atoms with van der Waals surface area (Å²) in [6.07, 6.45) is 6.49. The highest BCUT2D eigenvalue weighted by molar-refractivity contribution is 4.98. The largest absolute Gasteiger partial charge is 0.311 e. The van der Waals surface area contributed by atoms with Crippen molar-refractivity contribution >= 4 is 0 Å². The van der Waals surface area contributed by atoms with E-state index in [1.54, 1.807) is 0 Å². The standard InChI is InChI=1S/C13H22N2/c1-3-4-5-8-15(2)13-9-11-6-7-12(10-13)14-11/h11-14H,5-10H2,1-2H3. The Bertz CT molecular complexity index is 251. The average Bonchev–Trinajstić information content (AvgIpc) is 2.58. The van der Waals surface area contributed by atoms with Gasteiger partial charge in [-0.1, -0.05) is 0 Å². The average molecular weight is 206 g/mol. The minimum atomic E-state index is 0.794. The summed E-state index contributed by atoms with van der Waals surface area (Å²) in [4.78, 5) is 2.51. The molecule has 2 nitrogen and oxygen atoms in total. The van der Waals surface area contributed by atoms with Crippen LogP contribution in [0.5, 0.6) is 0 Å². The SMILES string of the molecule is CC#CCCN(C)C1CC2CCC(C1)N2. The highest BCUT2D eigenvalue weighted by atomic mass is 15.2. The highest BCUT2D eigenvalue weighted by Gasteiger charge is 2.34. The van der Waals surface area contributed by atoms with Crippen LogP contribution in [0.1, 0.15) is 39.0 Å². The molecule has 2 rings (SSSR count). The van der Waals surface area contributed by atoms with Gasteiger partial charge in [-0.25, -0.2) is 0 Å². The zero-order valence-electron chi connectivity index (χ0n) is 9.92. The highest BCUT2D eigenvalue weighted by Crippen LogP contribution is 2.29. The molecule has 2 saturated heterocycles. The number of hydrogen-bond acceptors (Lipinski definition) is 2. The van der Waals surface area contributed by atoms with Crippen molar-refractivity contribution < 1.29 is 0 Å². The van der Waals surface area contributed by atoms with Crippen molar-refractivity contribution in [2.45, 2.75) is 57.2 Å². The second-order valence-electron chi connectivity index (χ2n) is 4.92. The first-order valence-electron chi connectivity index (χ1n) is 6.15. The van der Waals surface area contributed by atoms with E-state index in [0.717, 1.165) is 31.1 Å². The van der Waals surface area contributed by atoms with Gasteiger partial charge in [0.1, 0.15) is 0 Å². The maximum atomic E-state index is 3.69. The van der Waals surface area contributed by atoms with Crippen LogP contribution >= 0.6 is 0 Å². The van der Waals surface area contributed by atoms with E-state index >= 15 is 0 Å². The van der Waals surface area contributed by atoms with Crippen molar-refractivity contribution in [3.8, 4) is 11.8 Å². The van der Waals surface area contributed by atoms with Gasteiger partial charge in [0.05, 0.1) is 0 Å². The lowest BCUT2D eigenvalue weighted by molar-refractivity contribution is 0.175.